The first-order valence-corrected chi connectivity index (χ1v) is 19.9. The molecule has 0 saturated heterocycles. The molecule has 0 aliphatic heterocycles. The molecule has 290 valence electrons. The fourth-order valence-corrected chi connectivity index (χ4v) is 6.48. The summed E-state index contributed by atoms with van der Waals surface area (Å²) < 4.78 is 5.93. The molecular weight excluding hydrogens is 653 g/mol. The van der Waals surface area contributed by atoms with E-state index in [4.69, 9.17) is 4.74 Å². The lowest BCUT2D eigenvalue weighted by atomic mass is 9.82. The molecule has 0 N–H and O–H groups in total. The van der Waals surface area contributed by atoms with E-state index in [9.17, 15) is 20.1 Å². The van der Waals surface area contributed by atoms with Gasteiger partial charge in [-0.2, -0.15) is 10.5 Å². The number of Topliss-reactive ketones (excluding diaryl/α,β-unsaturated/α-hetero) is 2. The van der Waals surface area contributed by atoms with Crippen LogP contribution in [0, 0.1) is 40.4 Å². The van der Waals surface area contributed by atoms with Gasteiger partial charge in [-0.1, -0.05) is 142 Å². The van der Waals surface area contributed by atoms with Crippen molar-refractivity contribution in [3.8, 4) is 17.9 Å². The van der Waals surface area contributed by atoms with Crippen LogP contribution < -0.4 is 4.74 Å². The SMILES string of the molecule is CC.CC(C)c1ccc2c(c1)C(C)(C)C/C2=C(/C#N)C(=O)C(C)(C)C.CCC.CCCCOc1cc2c(cc1C)/C(=C(\C#N)C(=O)C(C)(C)C)CC2C. The molecular formula is C48H70N2O3. The van der Waals surface area contributed by atoms with E-state index in [2.05, 4.69) is 97.9 Å². The fraction of sp³-hybridized carbons (Fsp3) is 0.583. The third-order valence-electron chi connectivity index (χ3n) is 9.50. The first-order valence-electron chi connectivity index (χ1n) is 19.9. The molecule has 0 saturated carbocycles. The Morgan fingerprint density at radius 1 is 0.868 bits per heavy atom. The summed E-state index contributed by atoms with van der Waals surface area (Å²) in [7, 11) is 0. The van der Waals surface area contributed by atoms with Gasteiger partial charge in [-0.3, -0.25) is 9.59 Å². The Bertz CT molecular complexity index is 1740. The number of ether oxygens (including phenoxy) is 1. The average molecular weight is 723 g/mol. The molecule has 2 aromatic carbocycles. The van der Waals surface area contributed by atoms with Gasteiger partial charge >= 0.3 is 0 Å². The lowest BCUT2D eigenvalue weighted by Gasteiger charge is -2.20. The molecule has 5 heteroatoms. The Balaban J connectivity index is 0.000000474. The minimum atomic E-state index is -0.553. The molecule has 0 amide bonds. The van der Waals surface area contributed by atoms with Crippen LogP contribution in [0.1, 0.15) is 188 Å². The van der Waals surface area contributed by atoms with E-state index in [0.717, 1.165) is 65.9 Å². The number of unbranched alkanes of at least 4 members (excludes halogenated alkanes) is 1. The van der Waals surface area contributed by atoms with Crippen molar-refractivity contribution in [3.63, 3.8) is 0 Å². The second-order valence-electron chi connectivity index (χ2n) is 17.3. The predicted octanol–water partition coefficient (Wildman–Crippen LogP) is 13.4. The highest BCUT2D eigenvalue weighted by molar-refractivity contribution is 6.10. The van der Waals surface area contributed by atoms with Crippen molar-refractivity contribution < 1.29 is 14.3 Å². The van der Waals surface area contributed by atoms with E-state index in [1.54, 1.807) is 0 Å². The van der Waals surface area contributed by atoms with Gasteiger partial charge in [0, 0.05) is 10.8 Å². The van der Waals surface area contributed by atoms with Gasteiger partial charge in [-0.25, -0.2) is 0 Å². The number of ketones is 2. The smallest absolute Gasteiger partial charge is 0.178 e. The average Bonchev–Trinajstić information content (AvgIpc) is 3.53. The minimum absolute atomic E-state index is 0.0458. The third kappa shape index (κ3) is 11.8. The van der Waals surface area contributed by atoms with Gasteiger partial charge in [0.25, 0.3) is 0 Å². The zero-order valence-corrected chi connectivity index (χ0v) is 36.4. The number of nitrogens with zero attached hydrogens (tertiary/aromatic N) is 2. The molecule has 0 heterocycles. The summed E-state index contributed by atoms with van der Waals surface area (Å²) in [5.74, 6) is 1.53. The third-order valence-corrected chi connectivity index (χ3v) is 9.50. The fourth-order valence-electron chi connectivity index (χ4n) is 6.48. The monoisotopic (exact) mass is 723 g/mol. The summed E-state index contributed by atoms with van der Waals surface area (Å²) in [6, 6.07) is 15.1. The van der Waals surface area contributed by atoms with Gasteiger partial charge in [0.05, 0.1) is 17.8 Å². The summed E-state index contributed by atoms with van der Waals surface area (Å²) in [6.45, 7) is 35.3. The molecule has 53 heavy (non-hydrogen) atoms. The van der Waals surface area contributed by atoms with E-state index in [-0.39, 0.29) is 22.9 Å². The second-order valence-corrected chi connectivity index (χ2v) is 17.3. The number of benzene rings is 2. The summed E-state index contributed by atoms with van der Waals surface area (Å²) in [5.41, 5.74) is 8.25. The highest BCUT2D eigenvalue weighted by Gasteiger charge is 2.38. The number of carbonyl (C=O) groups is 2. The van der Waals surface area contributed by atoms with Crippen molar-refractivity contribution in [2.24, 2.45) is 10.8 Å². The van der Waals surface area contributed by atoms with Crippen LogP contribution in [0.15, 0.2) is 41.5 Å². The van der Waals surface area contributed by atoms with Crippen molar-refractivity contribution in [2.45, 2.75) is 167 Å². The quantitative estimate of drug-likeness (QED) is 0.161. The number of nitriles is 2. The van der Waals surface area contributed by atoms with Crippen molar-refractivity contribution in [2.75, 3.05) is 6.61 Å². The van der Waals surface area contributed by atoms with Crippen LogP contribution in [0.25, 0.3) is 11.1 Å². The standard InChI is InChI=1S/C22H29NO2.C21H27NO.C3H8.C2H6/c1-7-8-9-25-20-12-16-14(2)10-18(17(16)11-15(20)3)19(13-23)21(24)22(4,5)6;1-13(2)14-8-9-15-16(11-21(6,7)18(15)10-14)17(12-22)19(23)20(3,4)5;1-3-2;1-2/h11-12,14H,7-10H2,1-6H3;8-10,13H,11H2,1-7H3;3H2,1-2H3;1-2H3/b19-18+;17-16+;;. The summed E-state index contributed by atoms with van der Waals surface area (Å²) in [4.78, 5) is 25.4. The zero-order chi connectivity index (χ0) is 41.1. The normalized spacial score (nSPS) is 17.2. The number of carbonyl (C=O) groups excluding carboxylic acids is 2. The van der Waals surface area contributed by atoms with Crippen molar-refractivity contribution in [3.05, 3.63) is 74.9 Å². The molecule has 0 bridgehead atoms. The number of allylic oxidation sites excluding steroid dienone is 4. The maximum Gasteiger partial charge on any atom is 0.178 e. The van der Waals surface area contributed by atoms with Gasteiger partial charge in [-0.15, -0.1) is 0 Å². The highest BCUT2D eigenvalue weighted by Crippen LogP contribution is 2.48. The molecule has 0 fully saturated rings. The highest BCUT2D eigenvalue weighted by atomic mass is 16.5. The van der Waals surface area contributed by atoms with Crippen LogP contribution in [-0.4, -0.2) is 18.2 Å². The van der Waals surface area contributed by atoms with Crippen LogP contribution in [0.3, 0.4) is 0 Å². The summed E-state index contributed by atoms with van der Waals surface area (Å²) >= 11 is 0. The first kappa shape index (κ1) is 47.1. The van der Waals surface area contributed by atoms with E-state index in [1.165, 1.54) is 23.1 Å². The number of rotatable bonds is 7. The van der Waals surface area contributed by atoms with Crippen LogP contribution in [0.4, 0.5) is 0 Å². The van der Waals surface area contributed by atoms with E-state index in [1.807, 2.05) is 62.3 Å². The Hall–Kier alpha value is -3.96. The van der Waals surface area contributed by atoms with Crippen LogP contribution in [0.2, 0.25) is 0 Å². The number of hydrogen-bond acceptors (Lipinski definition) is 5. The Morgan fingerprint density at radius 2 is 1.38 bits per heavy atom. The van der Waals surface area contributed by atoms with Gasteiger partial charge in [0.1, 0.15) is 17.9 Å². The molecule has 2 aliphatic carbocycles. The van der Waals surface area contributed by atoms with Crippen molar-refractivity contribution in [1.82, 2.24) is 0 Å². The number of aryl methyl sites for hydroxylation is 1. The van der Waals surface area contributed by atoms with Crippen LogP contribution in [0.5, 0.6) is 5.75 Å². The van der Waals surface area contributed by atoms with E-state index in [0.29, 0.717) is 17.1 Å². The molecule has 1 atom stereocenters. The number of fused-ring (bicyclic) bond motifs is 2. The molecule has 1 unspecified atom stereocenters. The number of hydrogen-bond donors (Lipinski definition) is 0. The van der Waals surface area contributed by atoms with E-state index < -0.39 is 10.8 Å². The van der Waals surface area contributed by atoms with Crippen molar-refractivity contribution in [1.29, 1.82) is 10.5 Å². The van der Waals surface area contributed by atoms with Gasteiger partial charge in [-0.05, 0) is 100 Å². The molecule has 5 nitrogen and oxygen atoms in total. The maximum atomic E-state index is 12.7. The lowest BCUT2D eigenvalue weighted by Crippen LogP contribution is -2.22. The van der Waals surface area contributed by atoms with E-state index >= 15 is 0 Å². The van der Waals surface area contributed by atoms with Crippen LogP contribution >= 0.6 is 0 Å². The topological polar surface area (TPSA) is 90.9 Å². The zero-order valence-electron chi connectivity index (χ0n) is 36.4. The first-order chi connectivity index (χ1) is 24.6. The molecule has 4 rings (SSSR count). The van der Waals surface area contributed by atoms with Crippen LogP contribution in [-0.2, 0) is 15.0 Å². The van der Waals surface area contributed by atoms with Gasteiger partial charge in [0.15, 0.2) is 11.6 Å². The largest absolute Gasteiger partial charge is 0.493 e. The molecule has 0 aromatic heterocycles. The van der Waals surface area contributed by atoms with Gasteiger partial charge in [0.2, 0.25) is 0 Å². The molecule has 0 spiro atoms. The molecule has 2 aromatic rings. The van der Waals surface area contributed by atoms with Gasteiger partial charge < -0.3 is 4.74 Å². The Morgan fingerprint density at radius 3 is 1.83 bits per heavy atom. The van der Waals surface area contributed by atoms with Crippen molar-refractivity contribution >= 4 is 22.7 Å². The second kappa shape index (κ2) is 19.9. The minimum Gasteiger partial charge on any atom is -0.493 e. The Labute approximate surface area is 323 Å². The summed E-state index contributed by atoms with van der Waals surface area (Å²) in [5, 5.41) is 19.3. The molecule has 2 aliphatic rings. The Kier molecular flexibility index (Phi) is 17.7. The lowest BCUT2D eigenvalue weighted by molar-refractivity contribution is -0.122. The predicted molar refractivity (Wildman–Crippen MR) is 224 cm³/mol. The maximum absolute atomic E-state index is 12.7. The molecule has 0 radical (unpaired) electrons. The summed E-state index contributed by atoms with van der Waals surface area (Å²) in [6.07, 6.45) is 4.87.